The smallest absolute Gasteiger partial charge is 0.123 e. The van der Waals surface area contributed by atoms with Crippen molar-refractivity contribution in [2.75, 3.05) is 7.05 Å². The Kier molecular flexibility index (Phi) is 5.12. The quantitative estimate of drug-likeness (QED) is 0.775. The molecule has 0 saturated heterocycles. The summed E-state index contributed by atoms with van der Waals surface area (Å²) >= 11 is 1.78. The van der Waals surface area contributed by atoms with Crippen molar-refractivity contribution >= 4 is 11.8 Å². The zero-order chi connectivity index (χ0) is 11.3. The number of nitrogens with one attached hydrogen (secondary N) is 1. The van der Waals surface area contributed by atoms with Crippen molar-refractivity contribution in [2.45, 2.75) is 36.5 Å². The molecule has 1 rings (SSSR count). The van der Waals surface area contributed by atoms with Crippen molar-refractivity contribution < 1.29 is 4.39 Å². The molecule has 2 atom stereocenters. The normalized spacial score (nSPS) is 14.9. The maximum Gasteiger partial charge on any atom is 0.123 e. The lowest BCUT2D eigenvalue weighted by Crippen LogP contribution is -2.33. The third-order valence-corrected chi connectivity index (χ3v) is 3.76. The standard InChI is InChI=1S/C12H18FNS/c1-4-12(14-3)9(2)15-11-7-5-10(13)6-8-11/h5-9,12,14H,4H2,1-3H3. The van der Waals surface area contributed by atoms with Gasteiger partial charge in [-0.2, -0.15) is 0 Å². The largest absolute Gasteiger partial charge is 0.316 e. The van der Waals surface area contributed by atoms with Crippen LogP contribution in [0.5, 0.6) is 0 Å². The van der Waals surface area contributed by atoms with Crippen molar-refractivity contribution in [3.63, 3.8) is 0 Å². The van der Waals surface area contributed by atoms with Crippen molar-refractivity contribution in [2.24, 2.45) is 0 Å². The van der Waals surface area contributed by atoms with Gasteiger partial charge in [0, 0.05) is 16.2 Å². The van der Waals surface area contributed by atoms with E-state index in [0.29, 0.717) is 11.3 Å². The molecule has 0 heterocycles. The lowest BCUT2D eigenvalue weighted by Gasteiger charge is -2.21. The van der Waals surface area contributed by atoms with Gasteiger partial charge in [0.25, 0.3) is 0 Å². The first kappa shape index (κ1) is 12.5. The topological polar surface area (TPSA) is 12.0 Å². The summed E-state index contributed by atoms with van der Waals surface area (Å²) in [7, 11) is 1.98. The fraction of sp³-hybridized carbons (Fsp3) is 0.500. The van der Waals surface area contributed by atoms with Gasteiger partial charge < -0.3 is 5.32 Å². The minimum Gasteiger partial charge on any atom is -0.316 e. The summed E-state index contributed by atoms with van der Waals surface area (Å²) in [4.78, 5) is 1.12. The molecular formula is C12H18FNS. The van der Waals surface area contributed by atoms with Gasteiger partial charge >= 0.3 is 0 Å². The zero-order valence-corrected chi connectivity index (χ0v) is 10.3. The molecule has 0 aliphatic rings. The highest BCUT2D eigenvalue weighted by atomic mass is 32.2. The van der Waals surface area contributed by atoms with Gasteiger partial charge in [-0.05, 0) is 37.7 Å². The number of halogens is 1. The number of rotatable bonds is 5. The SMILES string of the molecule is CCC(NC)C(C)Sc1ccc(F)cc1. The van der Waals surface area contributed by atoms with Crippen LogP contribution in [0.4, 0.5) is 4.39 Å². The molecule has 15 heavy (non-hydrogen) atoms. The summed E-state index contributed by atoms with van der Waals surface area (Å²) in [5.41, 5.74) is 0. The first-order valence-corrected chi connectivity index (χ1v) is 6.14. The zero-order valence-electron chi connectivity index (χ0n) is 9.46. The minimum atomic E-state index is -0.173. The Balaban J connectivity index is 2.57. The van der Waals surface area contributed by atoms with E-state index >= 15 is 0 Å². The van der Waals surface area contributed by atoms with Crippen LogP contribution >= 0.6 is 11.8 Å². The van der Waals surface area contributed by atoms with E-state index in [1.165, 1.54) is 12.1 Å². The number of hydrogen-bond donors (Lipinski definition) is 1. The van der Waals surface area contributed by atoms with E-state index < -0.39 is 0 Å². The van der Waals surface area contributed by atoms with E-state index in [0.717, 1.165) is 11.3 Å². The third kappa shape index (κ3) is 3.84. The number of thioether (sulfide) groups is 1. The molecule has 1 aromatic rings. The lowest BCUT2D eigenvalue weighted by molar-refractivity contribution is 0.541. The first-order chi connectivity index (χ1) is 7.17. The monoisotopic (exact) mass is 227 g/mol. The molecule has 2 unspecified atom stereocenters. The predicted octanol–water partition coefficient (Wildman–Crippen LogP) is 3.30. The van der Waals surface area contributed by atoms with Crippen molar-refractivity contribution in [1.29, 1.82) is 0 Å². The molecule has 0 amide bonds. The molecule has 0 fully saturated rings. The molecule has 0 aliphatic heterocycles. The maximum absolute atomic E-state index is 12.7. The highest BCUT2D eigenvalue weighted by molar-refractivity contribution is 8.00. The lowest BCUT2D eigenvalue weighted by atomic mass is 10.2. The molecule has 0 saturated carbocycles. The van der Waals surface area contributed by atoms with Gasteiger partial charge in [-0.1, -0.05) is 13.8 Å². The Labute approximate surface area is 95.5 Å². The Hall–Kier alpha value is -0.540. The Bertz CT molecular complexity index is 282. The Morgan fingerprint density at radius 2 is 1.93 bits per heavy atom. The van der Waals surface area contributed by atoms with Crippen molar-refractivity contribution in [1.82, 2.24) is 5.32 Å². The van der Waals surface area contributed by atoms with E-state index in [1.807, 2.05) is 19.2 Å². The van der Waals surface area contributed by atoms with Crippen LogP contribution in [0.3, 0.4) is 0 Å². The second-order valence-electron chi connectivity index (χ2n) is 3.58. The van der Waals surface area contributed by atoms with Crippen LogP contribution in [0, 0.1) is 5.82 Å². The molecule has 0 radical (unpaired) electrons. The third-order valence-electron chi connectivity index (χ3n) is 2.51. The van der Waals surface area contributed by atoms with Crippen LogP contribution < -0.4 is 5.32 Å². The van der Waals surface area contributed by atoms with E-state index in [4.69, 9.17) is 0 Å². The molecule has 0 spiro atoms. The molecule has 0 aromatic heterocycles. The minimum absolute atomic E-state index is 0.173. The molecule has 1 N–H and O–H groups in total. The second-order valence-corrected chi connectivity index (χ2v) is 5.03. The molecule has 0 aliphatic carbocycles. The van der Waals surface area contributed by atoms with Crippen molar-refractivity contribution in [3.05, 3.63) is 30.1 Å². The molecular weight excluding hydrogens is 209 g/mol. The summed E-state index contributed by atoms with van der Waals surface area (Å²) in [5, 5.41) is 3.78. The van der Waals surface area contributed by atoms with Gasteiger partial charge in [0.15, 0.2) is 0 Å². The Morgan fingerprint density at radius 1 is 1.33 bits per heavy atom. The van der Waals surface area contributed by atoms with E-state index in [-0.39, 0.29) is 5.82 Å². The van der Waals surface area contributed by atoms with Crippen LogP contribution in [-0.2, 0) is 0 Å². The van der Waals surface area contributed by atoms with Crippen LogP contribution in [0.1, 0.15) is 20.3 Å². The fourth-order valence-electron chi connectivity index (χ4n) is 1.58. The second kappa shape index (κ2) is 6.13. The summed E-state index contributed by atoms with van der Waals surface area (Å²) < 4.78 is 12.7. The van der Waals surface area contributed by atoms with Gasteiger partial charge in [-0.25, -0.2) is 4.39 Å². The molecule has 3 heteroatoms. The summed E-state index contributed by atoms with van der Waals surface area (Å²) in [6.45, 7) is 4.36. The van der Waals surface area contributed by atoms with E-state index in [1.54, 1.807) is 11.8 Å². The predicted molar refractivity (Wildman–Crippen MR) is 64.9 cm³/mol. The number of hydrogen-bond acceptors (Lipinski definition) is 2. The van der Waals surface area contributed by atoms with Gasteiger partial charge in [0.2, 0.25) is 0 Å². The fourth-order valence-corrected chi connectivity index (χ4v) is 2.80. The van der Waals surface area contributed by atoms with Crippen LogP contribution in [0.2, 0.25) is 0 Å². The molecule has 1 aromatic carbocycles. The number of benzene rings is 1. The van der Waals surface area contributed by atoms with E-state index in [2.05, 4.69) is 19.2 Å². The van der Waals surface area contributed by atoms with Crippen molar-refractivity contribution in [3.8, 4) is 0 Å². The first-order valence-electron chi connectivity index (χ1n) is 5.26. The van der Waals surface area contributed by atoms with E-state index in [9.17, 15) is 4.39 Å². The van der Waals surface area contributed by atoms with Crippen LogP contribution in [0.25, 0.3) is 0 Å². The summed E-state index contributed by atoms with van der Waals surface area (Å²) in [6.07, 6.45) is 1.10. The van der Waals surface area contributed by atoms with Gasteiger partial charge in [0.1, 0.15) is 5.82 Å². The molecule has 1 nitrogen and oxygen atoms in total. The molecule has 0 bridgehead atoms. The van der Waals surface area contributed by atoms with Crippen LogP contribution in [0.15, 0.2) is 29.2 Å². The van der Waals surface area contributed by atoms with Gasteiger partial charge in [0.05, 0.1) is 0 Å². The summed E-state index contributed by atoms with van der Waals surface area (Å²) in [5.74, 6) is -0.173. The summed E-state index contributed by atoms with van der Waals surface area (Å²) in [6, 6.07) is 7.18. The highest BCUT2D eigenvalue weighted by Crippen LogP contribution is 2.26. The van der Waals surface area contributed by atoms with Gasteiger partial charge in [-0.3, -0.25) is 0 Å². The average Bonchev–Trinajstić information content (AvgIpc) is 2.23. The molecule has 84 valence electrons. The van der Waals surface area contributed by atoms with Gasteiger partial charge in [-0.15, -0.1) is 11.8 Å². The average molecular weight is 227 g/mol. The maximum atomic E-state index is 12.7. The van der Waals surface area contributed by atoms with Crippen LogP contribution in [-0.4, -0.2) is 18.3 Å². The Morgan fingerprint density at radius 3 is 2.40 bits per heavy atom. The highest BCUT2D eigenvalue weighted by Gasteiger charge is 2.14.